The Bertz CT molecular complexity index is 962. The molecule has 0 aromatic heterocycles. The molecule has 0 radical (unpaired) electrons. The van der Waals surface area contributed by atoms with Gasteiger partial charge in [-0.05, 0) is 36.6 Å². The molecule has 0 unspecified atom stereocenters. The average molecular weight is 448 g/mol. The number of hydrogen-bond donors (Lipinski definition) is 1. The third-order valence-corrected chi connectivity index (χ3v) is 6.89. The monoisotopic (exact) mass is 447 g/mol. The number of unbranched alkanes of at least 4 members (excludes halogenated alkanes) is 1. The van der Waals surface area contributed by atoms with Crippen LogP contribution in [0.2, 0.25) is 0 Å². The van der Waals surface area contributed by atoms with Gasteiger partial charge in [0.05, 0.1) is 15.5 Å². The number of nitrogens with one attached hydrogen (secondary N) is 1. The van der Waals surface area contributed by atoms with Crippen LogP contribution in [0, 0.1) is 16.0 Å². The van der Waals surface area contributed by atoms with E-state index in [0.717, 1.165) is 30.0 Å². The summed E-state index contributed by atoms with van der Waals surface area (Å²) in [6.07, 6.45) is 4.08. The highest BCUT2D eigenvalue weighted by atomic mass is 32.2. The first-order valence-electron chi connectivity index (χ1n) is 10.4. The molecule has 2 aromatic carbocycles. The first-order chi connectivity index (χ1) is 14.8. The van der Waals surface area contributed by atoms with E-state index in [0.29, 0.717) is 12.5 Å². The molecule has 1 atom stereocenters. The van der Waals surface area contributed by atoms with E-state index in [1.54, 1.807) is 18.2 Å². The molecule has 0 aliphatic heterocycles. The number of nitro benzene ring substituents is 1. The van der Waals surface area contributed by atoms with E-state index >= 15 is 0 Å². The molecule has 1 amide bonds. The summed E-state index contributed by atoms with van der Waals surface area (Å²) in [6, 6.07) is 12.9. The van der Waals surface area contributed by atoms with Crippen LogP contribution in [0.3, 0.4) is 0 Å². The standard InChI is InChI=1S/C22H29N3O5S/c1-3-5-9-18(4-2)16-23-22(26)17-24(19-12-14-20(15-13-19)25(27)28)31(29,30)21-10-7-6-8-11-21/h6-8,10-15,18H,3-5,9,16-17H2,1-2H3,(H,23,26)/t18-/m1/s1. The van der Waals surface area contributed by atoms with Gasteiger partial charge in [-0.1, -0.05) is 51.3 Å². The molecule has 0 aliphatic carbocycles. The number of hydrogen-bond acceptors (Lipinski definition) is 5. The van der Waals surface area contributed by atoms with Crippen molar-refractivity contribution < 1.29 is 18.1 Å². The van der Waals surface area contributed by atoms with Crippen LogP contribution in [0.5, 0.6) is 0 Å². The predicted octanol–water partition coefficient (Wildman–Crippen LogP) is 4.12. The molecule has 8 nitrogen and oxygen atoms in total. The van der Waals surface area contributed by atoms with Crippen molar-refractivity contribution in [3.05, 3.63) is 64.7 Å². The van der Waals surface area contributed by atoms with Crippen LogP contribution in [-0.2, 0) is 14.8 Å². The van der Waals surface area contributed by atoms with Crippen molar-refractivity contribution in [2.24, 2.45) is 5.92 Å². The lowest BCUT2D eigenvalue weighted by atomic mass is 9.99. The maximum Gasteiger partial charge on any atom is 0.269 e. The largest absolute Gasteiger partial charge is 0.354 e. The minimum atomic E-state index is -4.04. The number of nitrogens with zero attached hydrogens (tertiary/aromatic N) is 2. The van der Waals surface area contributed by atoms with Gasteiger partial charge in [-0.15, -0.1) is 0 Å². The number of anilines is 1. The topological polar surface area (TPSA) is 110 Å². The van der Waals surface area contributed by atoms with Crippen molar-refractivity contribution in [2.45, 2.75) is 44.4 Å². The molecule has 0 heterocycles. The molecule has 0 bridgehead atoms. The van der Waals surface area contributed by atoms with Crippen LogP contribution >= 0.6 is 0 Å². The van der Waals surface area contributed by atoms with Crippen molar-refractivity contribution in [3.8, 4) is 0 Å². The molecule has 0 aliphatic rings. The van der Waals surface area contributed by atoms with E-state index in [1.807, 2.05) is 0 Å². The molecule has 2 rings (SSSR count). The van der Waals surface area contributed by atoms with Crippen LogP contribution in [0.15, 0.2) is 59.5 Å². The van der Waals surface area contributed by atoms with Crippen LogP contribution in [0.1, 0.15) is 39.5 Å². The van der Waals surface area contributed by atoms with E-state index in [2.05, 4.69) is 19.2 Å². The first kappa shape index (κ1) is 24.3. The third kappa shape index (κ3) is 6.78. The summed E-state index contributed by atoms with van der Waals surface area (Å²) in [7, 11) is -4.04. The number of carbonyl (C=O) groups is 1. The van der Waals surface area contributed by atoms with Gasteiger partial charge in [0.25, 0.3) is 15.7 Å². The summed E-state index contributed by atoms with van der Waals surface area (Å²) < 4.78 is 27.5. The molecule has 168 valence electrons. The van der Waals surface area contributed by atoms with E-state index in [1.165, 1.54) is 36.4 Å². The zero-order valence-corrected chi connectivity index (χ0v) is 18.7. The first-order valence-corrected chi connectivity index (χ1v) is 11.8. The van der Waals surface area contributed by atoms with E-state index in [4.69, 9.17) is 0 Å². The van der Waals surface area contributed by atoms with E-state index in [-0.39, 0.29) is 16.3 Å². The van der Waals surface area contributed by atoms with Gasteiger partial charge >= 0.3 is 0 Å². The summed E-state index contributed by atoms with van der Waals surface area (Å²) in [6.45, 7) is 4.24. The number of carbonyl (C=O) groups excluding carboxylic acids is 1. The Balaban J connectivity index is 2.26. The Kier molecular flexibility index (Phi) is 8.99. The molecule has 31 heavy (non-hydrogen) atoms. The molecule has 0 saturated carbocycles. The second kappa shape index (κ2) is 11.5. The fraction of sp³-hybridized carbons (Fsp3) is 0.409. The van der Waals surface area contributed by atoms with Gasteiger partial charge in [-0.25, -0.2) is 8.42 Å². The quantitative estimate of drug-likeness (QED) is 0.389. The Hall–Kier alpha value is -2.94. The number of amides is 1. The molecular formula is C22H29N3O5S. The van der Waals surface area contributed by atoms with Crippen molar-refractivity contribution in [1.82, 2.24) is 5.32 Å². The summed E-state index contributed by atoms with van der Waals surface area (Å²) >= 11 is 0. The van der Waals surface area contributed by atoms with Crippen molar-refractivity contribution >= 4 is 27.3 Å². The van der Waals surface area contributed by atoms with Gasteiger partial charge in [0.2, 0.25) is 5.91 Å². The smallest absolute Gasteiger partial charge is 0.269 e. The van der Waals surface area contributed by atoms with Crippen LogP contribution in [0.4, 0.5) is 11.4 Å². The highest BCUT2D eigenvalue weighted by Gasteiger charge is 2.27. The molecule has 0 fully saturated rings. The van der Waals surface area contributed by atoms with Gasteiger partial charge in [-0.2, -0.15) is 0 Å². The van der Waals surface area contributed by atoms with Gasteiger partial charge in [-0.3, -0.25) is 19.2 Å². The van der Waals surface area contributed by atoms with Crippen LogP contribution < -0.4 is 9.62 Å². The normalized spacial score (nSPS) is 12.2. The summed E-state index contributed by atoms with van der Waals surface area (Å²) in [5.74, 6) is -0.0877. The summed E-state index contributed by atoms with van der Waals surface area (Å²) in [5, 5.41) is 13.8. The second-order valence-corrected chi connectivity index (χ2v) is 9.18. The Morgan fingerprint density at radius 3 is 2.29 bits per heavy atom. The highest BCUT2D eigenvalue weighted by Crippen LogP contribution is 2.25. The van der Waals surface area contributed by atoms with Crippen molar-refractivity contribution in [3.63, 3.8) is 0 Å². The molecular weight excluding hydrogens is 418 g/mol. The van der Waals surface area contributed by atoms with Crippen LogP contribution in [0.25, 0.3) is 0 Å². The lowest BCUT2D eigenvalue weighted by molar-refractivity contribution is -0.384. The van der Waals surface area contributed by atoms with Gasteiger partial charge in [0.15, 0.2) is 0 Å². The Morgan fingerprint density at radius 2 is 1.74 bits per heavy atom. The number of nitro groups is 1. The van der Waals surface area contributed by atoms with Crippen LogP contribution in [-0.4, -0.2) is 32.3 Å². The number of rotatable bonds is 12. The second-order valence-electron chi connectivity index (χ2n) is 7.32. The number of benzene rings is 2. The minimum Gasteiger partial charge on any atom is -0.354 e. The fourth-order valence-electron chi connectivity index (χ4n) is 3.16. The third-order valence-electron chi connectivity index (χ3n) is 5.10. The predicted molar refractivity (Wildman–Crippen MR) is 120 cm³/mol. The summed E-state index contributed by atoms with van der Waals surface area (Å²) in [5.41, 5.74) is 0.0228. The van der Waals surface area contributed by atoms with Gasteiger partial charge in [0, 0.05) is 18.7 Å². The Morgan fingerprint density at radius 1 is 1.10 bits per heavy atom. The molecule has 0 saturated heterocycles. The van der Waals surface area contributed by atoms with Gasteiger partial charge < -0.3 is 5.32 Å². The maximum absolute atomic E-state index is 13.2. The van der Waals surface area contributed by atoms with Crippen molar-refractivity contribution in [1.29, 1.82) is 0 Å². The number of non-ortho nitro benzene ring substituents is 1. The lowest BCUT2D eigenvalue weighted by Crippen LogP contribution is -2.42. The molecule has 2 aromatic rings. The maximum atomic E-state index is 13.2. The molecule has 1 N–H and O–H groups in total. The SMILES string of the molecule is CCCC[C@@H](CC)CNC(=O)CN(c1ccc([N+](=O)[O-])cc1)S(=O)(=O)c1ccccc1. The average Bonchev–Trinajstić information content (AvgIpc) is 2.78. The Labute approximate surface area is 183 Å². The molecule has 0 spiro atoms. The van der Waals surface area contributed by atoms with E-state index in [9.17, 15) is 23.3 Å². The van der Waals surface area contributed by atoms with Crippen molar-refractivity contribution in [2.75, 3.05) is 17.4 Å². The lowest BCUT2D eigenvalue weighted by Gasteiger charge is -2.24. The zero-order valence-electron chi connectivity index (χ0n) is 17.9. The zero-order chi connectivity index (χ0) is 22.9. The fourth-order valence-corrected chi connectivity index (χ4v) is 4.61. The van der Waals surface area contributed by atoms with E-state index < -0.39 is 27.4 Å². The molecule has 9 heteroatoms. The minimum absolute atomic E-state index is 0.0375. The summed E-state index contributed by atoms with van der Waals surface area (Å²) in [4.78, 5) is 23.1. The highest BCUT2D eigenvalue weighted by molar-refractivity contribution is 7.92. The van der Waals surface area contributed by atoms with Gasteiger partial charge in [0.1, 0.15) is 6.54 Å². The number of sulfonamides is 1.